The second kappa shape index (κ2) is 8.67. The Balaban J connectivity index is 2.07. The molecule has 0 spiro atoms. The van der Waals surface area contributed by atoms with Gasteiger partial charge in [-0.05, 0) is 12.1 Å². The van der Waals surface area contributed by atoms with E-state index in [1.54, 1.807) is 6.19 Å². The van der Waals surface area contributed by atoms with Crippen molar-refractivity contribution in [3.8, 4) is 11.9 Å². The summed E-state index contributed by atoms with van der Waals surface area (Å²) in [7, 11) is 0.776. The minimum Gasteiger partial charge on any atom is -0.306 e. The SMILES string of the molecule is Cn1c(C(F)(F)F)cc(=O)n(-c2cc(NC(=O)N3CCSC3=NC#N)c(Cl)cc2F)c1=O. The summed E-state index contributed by atoms with van der Waals surface area (Å²) >= 11 is 7.10. The van der Waals surface area contributed by atoms with Crippen molar-refractivity contribution in [3.05, 3.63) is 55.6 Å². The highest BCUT2D eigenvalue weighted by molar-refractivity contribution is 8.14. The van der Waals surface area contributed by atoms with Crippen molar-refractivity contribution in [2.45, 2.75) is 6.18 Å². The standard InChI is InChI=1S/C17H11ClF4N6O3S/c1-26-12(17(20,21)22)6-13(29)28(16(26)31)11-5-10(8(18)4-9(11)19)25-14(30)27-2-3-32-15(27)24-7-23/h4-6H,2-3H2,1H3,(H,25,30). The molecular formula is C17H11ClF4N6O3S. The van der Waals surface area contributed by atoms with E-state index >= 15 is 0 Å². The molecule has 1 aliphatic heterocycles. The number of anilines is 1. The lowest BCUT2D eigenvalue weighted by Gasteiger charge is -2.18. The topological polar surface area (TPSA) is 112 Å². The minimum absolute atomic E-state index is 0.122. The van der Waals surface area contributed by atoms with Gasteiger partial charge in [-0.15, -0.1) is 4.99 Å². The van der Waals surface area contributed by atoms with Crippen molar-refractivity contribution in [3.63, 3.8) is 0 Å². The lowest BCUT2D eigenvalue weighted by atomic mass is 10.2. The van der Waals surface area contributed by atoms with Crippen LogP contribution in [-0.2, 0) is 13.2 Å². The molecule has 1 aromatic heterocycles. The number of alkyl halides is 3. The summed E-state index contributed by atoms with van der Waals surface area (Å²) in [4.78, 5) is 41.8. The van der Waals surface area contributed by atoms with Gasteiger partial charge >= 0.3 is 17.9 Å². The van der Waals surface area contributed by atoms with Crippen molar-refractivity contribution in [1.82, 2.24) is 14.0 Å². The third kappa shape index (κ3) is 4.34. The third-order valence-electron chi connectivity index (χ3n) is 4.30. The van der Waals surface area contributed by atoms with Crippen molar-refractivity contribution in [2.75, 3.05) is 17.6 Å². The zero-order chi connectivity index (χ0) is 23.8. The van der Waals surface area contributed by atoms with E-state index in [0.717, 1.165) is 29.8 Å². The van der Waals surface area contributed by atoms with Crippen LogP contribution in [0.3, 0.4) is 0 Å². The van der Waals surface area contributed by atoms with Gasteiger partial charge in [-0.25, -0.2) is 18.5 Å². The Morgan fingerprint density at radius 2 is 2.00 bits per heavy atom. The number of urea groups is 1. The number of nitrogens with one attached hydrogen (secondary N) is 1. The lowest BCUT2D eigenvalue weighted by Crippen LogP contribution is -2.41. The summed E-state index contributed by atoms with van der Waals surface area (Å²) in [6, 6.07) is 0.908. The first-order chi connectivity index (χ1) is 15.0. The van der Waals surface area contributed by atoms with Gasteiger partial charge in [-0.3, -0.25) is 14.3 Å². The molecule has 0 aliphatic carbocycles. The van der Waals surface area contributed by atoms with Gasteiger partial charge in [-0.1, -0.05) is 23.4 Å². The van der Waals surface area contributed by atoms with E-state index in [0.29, 0.717) is 11.8 Å². The molecule has 15 heteroatoms. The molecule has 1 N–H and O–H groups in total. The number of thioether (sulfide) groups is 1. The van der Waals surface area contributed by atoms with Crippen LogP contribution >= 0.6 is 23.4 Å². The average molecular weight is 491 g/mol. The molecule has 1 saturated heterocycles. The van der Waals surface area contributed by atoms with E-state index in [2.05, 4.69) is 10.3 Å². The van der Waals surface area contributed by atoms with E-state index in [1.807, 2.05) is 0 Å². The summed E-state index contributed by atoms with van der Waals surface area (Å²) < 4.78 is 54.0. The fraction of sp³-hybridized carbons (Fsp3) is 0.235. The van der Waals surface area contributed by atoms with Crippen LogP contribution in [0.2, 0.25) is 5.02 Å². The number of rotatable bonds is 2. The molecule has 0 unspecified atom stereocenters. The van der Waals surface area contributed by atoms with Crippen LogP contribution in [0.5, 0.6) is 0 Å². The second-order valence-electron chi connectivity index (χ2n) is 6.25. The number of amides is 2. The van der Waals surface area contributed by atoms with E-state index in [4.69, 9.17) is 16.9 Å². The van der Waals surface area contributed by atoms with Crippen LogP contribution in [0.4, 0.5) is 28.0 Å². The Kier molecular flexibility index (Phi) is 6.33. The Labute approximate surface area is 185 Å². The molecule has 9 nitrogen and oxygen atoms in total. The number of nitriles is 1. The van der Waals surface area contributed by atoms with Crippen LogP contribution in [0.15, 0.2) is 32.8 Å². The summed E-state index contributed by atoms with van der Waals surface area (Å²) in [5.74, 6) is -0.719. The Morgan fingerprint density at radius 1 is 1.31 bits per heavy atom. The predicted octanol–water partition coefficient (Wildman–Crippen LogP) is 2.77. The molecule has 0 saturated carbocycles. The minimum atomic E-state index is -4.99. The maximum Gasteiger partial charge on any atom is 0.431 e. The molecule has 1 aromatic carbocycles. The number of carbonyl (C=O) groups excluding carboxylic acids is 1. The fourth-order valence-electron chi connectivity index (χ4n) is 2.83. The molecule has 2 amide bonds. The lowest BCUT2D eigenvalue weighted by molar-refractivity contribution is -0.144. The summed E-state index contributed by atoms with van der Waals surface area (Å²) in [5.41, 5.74) is -5.34. The second-order valence-corrected chi connectivity index (χ2v) is 7.72. The normalized spacial score (nSPS) is 15.2. The molecule has 1 fully saturated rings. The first kappa shape index (κ1) is 23.4. The molecule has 1 aliphatic rings. The average Bonchev–Trinajstić information content (AvgIpc) is 3.16. The molecular weight excluding hydrogens is 480 g/mol. The number of benzene rings is 1. The van der Waals surface area contributed by atoms with Gasteiger partial charge in [0.25, 0.3) is 5.56 Å². The molecule has 2 aromatic rings. The number of halogens is 5. The summed E-state index contributed by atoms with van der Waals surface area (Å²) in [5, 5.41) is 10.9. The van der Waals surface area contributed by atoms with Gasteiger partial charge in [0.15, 0.2) is 5.17 Å². The number of carbonyl (C=O) groups is 1. The molecule has 32 heavy (non-hydrogen) atoms. The first-order valence-corrected chi connectivity index (χ1v) is 9.90. The molecule has 0 bridgehead atoms. The van der Waals surface area contributed by atoms with Crippen LogP contribution in [-0.4, -0.2) is 37.5 Å². The highest BCUT2D eigenvalue weighted by Gasteiger charge is 2.35. The number of nitrogens with zero attached hydrogens (tertiary/aromatic N) is 5. The molecule has 0 radical (unpaired) electrons. The van der Waals surface area contributed by atoms with Crippen molar-refractivity contribution in [1.29, 1.82) is 5.26 Å². The number of aromatic nitrogens is 2. The fourth-order valence-corrected chi connectivity index (χ4v) is 3.92. The summed E-state index contributed by atoms with van der Waals surface area (Å²) in [6.45, 7) is 0.210. The monoisotopic (exact) mass is 490 g/mol. The van der Waals surface area contributed by atoms with Gasteiger partial charge in [0.1, 0.15) is 11.5 Å². The molecule has 2 heterocycles. The quantitative estimate of drug-likeness (QED) is 0.514. The third-order valence-corrected chi connectivity index (χ3v) is 5.57. The highest BCUT2D eigenvalue weighted by atomic mass is 35.5. The first-order valence-electron chi connectivity index (χ1n) is 8.53. The van der Waals surface area contributed by atoms with Crippen LogP contribution in [0, 0.1) is 17.3 Å². The molecule has 3 rings (SSSR count). The van der Waals surface area contributed by atoms with Crippen LogP contribution < -0.4 is 16.6 Å². The summed E-state index contributed by atoms with van der Waals surface area (Å²) in [6.07, 6.45) is -3.43. The van der Waals surface area contributed by atoms with Crippen LogP contribution in [0.25, 0.3) is 5.69 Å². The maximum atomic E-state index is 14.5. The highest BCUT2D eigenvalue weighted by Crippen LogP contribution is 2.29. The van der Waals surface area contributed by atoms with E-state index in [1.165, 1.54) is 0 Å². The zero-order valence-electron chi connectivity index (χ0n) is 15.9. The van der Waals surface area contributed by atoms with Gasteiger partial charge in [0.05, 0.1) is 16.4 Å². The predicted molar refractivity (Wildman–Crippen MR) is 108 cm³/mol. The van der Waals surface area contributed by atoms with Crippen LogP contribution in [0.1, 0.15) is 5.69 Å². The number of aliphatic imine (C=N–C) groups is 1. The van der Waals surface area contributed by atoms with Crippen molar-refractivity contribution >= 4 is 40.2 Å². The Hall–Kier alpha value is -3.31. The van der Waals surface area contributed by atoms with Gasteiger partial charge < -0.3 is 5.32 Å². The Morgan fingerprint density at radius 3 is 2.62 bits per heavy atom. The van der Waals surface area contributed by atoms with E-state index < -0.39 is 40.7 Å². The zero-order valence-corrected chi connectivity index (χ0v) is 17.5. The van der Waals surface area contributed by atoms with Crippen molar-refractivity contribution < 1.29 is 22.4 Å². The number of amidine groups is 1. The smallest absolute Gasteiger partial charge is 0.306 e. The van der Waals surface area contributed by atoms with Gasteiger partial charge in [-0.2, -0.15) is 18.4 Å². The van der Waals surface area contributed by atoms with Gasteiger partial charge in [0, 0.05) is 25.4 Å². The maximum absolute atomic E-state index is 14.5. The molecule has 168 valence electrons. The van der Waals surface area contributed by atoms with E-state index in [-0.39, 0.29) is 37.6 Å². The van der Waals surface area contributed by atoms with Gasteiger partial charge in [0.2, 0.25) is 6.19 Å². The largest absolute Gasteiger partial charge is 0.431 e. The molecule has 0 atom stereocenters. The number of hydrogen-bond acceptors (Lipinski definition) is 6. The van der Waals surface area contributed by atoms with Crippen molar-refractivity contribution in [2.24, 2.45) is 12.0 Å². The van der Waals surface area contributed by atoms with E-state index in [9.17, 15) is 31.9 Å². The number of hydrogen-bond donors (Lipinski definition) is 1. The Bertz CT molecular complexity index is 1300.